The Morgan fingerprint density at radius 2 is 2.08 bits per heavy atom. The average molecular weight is 355 g/mol. The molecule has 136 valence electrons. The first-order valence-electron chi connectivity index (χ1n) is 8.57. The second kappa shape index (κ2) is 7.99. The van der Waals surface area contributed by atoms with Crippen LogP contribution < -0.4 is 10.1 Å². The number of halogens is 1. The summed E-state index contributed by atoms with van der Waals surface area (Å²) < 4.78 is 18.0. The molecule has 1 N–H and O–H groups in total. The number of pyridine rings is 1. The number of anilines is 1. The van der Waals surface area contributed by atoms with E-state index in [0.29, 0.717) is 24.7 Å². The second-order valence-corrected chi connectivity index (χ2v) is 6.39. The second-order valence-electron chi connectivity index (χ2n) is 6.39. The van der Waals surface area contributed by atoms with Gasteiger partial charge in [-0.1, -0.05) is 30.7 Å². The lowest BCUT2D eigenvalue weighted by Crippen LogP contribution is -2.42. The van der Waals surface area contributed by atoms with Gasteiger partial charge in [0.15, 0.2) is 0 Å². The number of hydrogen-bond acceptors (Lipinski definition) is 3. The zero-order chi connectivity index (χ0) is 18.5. The quantitative estimate of drug-likeness (QED) is 0.898. The first-order chi connectivity index (χ1) is 12.5. The molecule has 2 heterocycles. The highest BCUT2D eigenvalue weighted by Gasteiger charge is 2.24. The third-order valence-electron chi connectivity index (χ3n) is 4.50. The molecule has 1 fully saturated rings. The fraction of sp³-hybridized carbons (Fsp3) is 0.300. The van der Waals surface area contributed by atoms with Crippen molar-refractivity contribution < 1.29 is 13.9 Å². The van der Waals surface area contributed by atoms with Crippen LogP contribution in [0.2, 0.25) is 0 Å². The molecule has 3 rings (SSSR count). The molecule has 1 aromatic heterocycles. The molecule has 1 aliphatic heterocycles. The lowest BCUT2D eigenvalue weighted by molar-refractivity contribution is 0.198. The number of likely N-dealkylation sites (tertiary alicyclic amines) is 1. The molecule has 0 bridgehead atoms. The van der Waals surface area contributed by atoms with Crippen LogP contribution in [0.25, 0.3) is 6.08 Å². The number of piperidine rings is 1. The van der Waals surface area contributed by atoms with E-state index in [0.717, 1.165) is 12.0 Å². The van der Waals surface area contributed by atoms with Crippen LogP contribution in [-0.2, 0) is 0 Å². The Hall–Kier alpha value is -2.89. The Labute approximate surface area is 152 Å². The molecule has 1 aromatic carbocycles. The van der Waals surface area contributed by atoms with Crippen molar-refractivity contribution in [1.29, 1.82) is 0 Å². The largest absolute Gasteiger partial charge is 0.481 e. The molecule has 1 unspecified atom stereocenters. The van der Waals surface area contributed by atoms with Crippen molar-refractivity contribution in [3.63, 3.8) is 0 Å². The third kappa shape index (κ3) is 4.39. The van der Waals surface area contributed by atoms with Crippen LogP contribution in [0.3, 0.4) is 0 Å². The highest BCUT2D eigenvalue weighted by molar-refractivity contribution is 5.89. The maximum Gasteiger partial charge on any atom is 0.321 e. The minimum atomic E-state index is -0.236. The third-order valence-corrected chi connectivity index (χ3v) is 4.50. The number of urea groups is 1. The molecule has 1 saturated heterocycles. The van der Waals surface area contributed by atoms with E-state index in [1.54, 1.807) is 42.5 Å². The highest BCUT2D eigenvalue weighted by atomic mass is 19.1. The van der Waals surface area contributed by atoms with E-state index in [1.165, 1.54) is 17.7 Å². The van der Waals surface area contributed by atoms with Crippen LogP contribution in [0.4, 0.5) is 14.9 Å². The van der Waals surface area contributed by atoms with E-state index in [1.807, 2.05) is 0 Å². The Bertz CT molecular complexity index is 788. The summed E-state index contributed by atoms with van der Waals surface area (Å²) in [7, 11) is 1.55. The van der Waals surface area contributed by atoms with Crippen molar-refractivity contribution in [1.82, 2.24) is 9.88 Å². The molecule has 26 heavy (non-hydrogen) atoms. The number of carbonyl (C=O) groups excluding carboxylic acids is 1. The van der Waals surface area contributed by atoms with Gasteiger partial charge in [0.05, 0.1) is 19.0 Å². The summed E-state index contributed by atoms with van der Waals surface area (Å²) in [6, 6.07) is 9.79. The van der Waals surface area contributed by atoms with Crippen molar-refractivity contribution in [2.24, 2.45) is 5.92 Å². The number of nitrogens with one attached hydrogen (secondary N) is 1. The van der Waals surface area contributed by atoms with E-state index >= 15 is 0 Å². The number of carbonyl (C=O) groups is 1. The van der Waals surface area contributed by atoms with Gasteiger partial charge in [-0.05, 0) is 36.1 Å². The van der Waals surface area contributed by atoms with Crippen molar-refractivity contribution in [2.45, 2.75) is 13.3 Å². The Balaban J connectivity index is 1.60. The number of ether oxygens (including phenoxy) is 1. The molecular weight excluding hydrogens is 333 g/mol. The molecule has 2 aromatic rings. The lowest BCUT2D eigenvalue weighted by atomic mass is 9.91. The Morgan fingerprint density at radius 1 is 1.31 bits per heavy atom. The number of amides is 2. The van der Waals surface area contributed by atoms with Crippen LogP contribution in [0.5, 0.6) is 5.88 Å². The topological polar surface area (TPSA) is 54.5 Å². The van der Waals surface area contributed by atoms with Crippen LogP contribution in [0, 0.1) is 11.7 Å². The molecule has 0 radical (unpaired) electrons. The maximum atomic E-state index is 13.0. The van der Waals surface area contributed by atoms with Crippen LogP contribution in [0.15, 0.2) is 48.2 Å². The van der Waals surface area contributed by atoms with E-state index in [-0.39, 0.29) is 17.8 Å². The Kier molecular flexibility index (Phi) is 5.51. The zero-order valence-corrected chi connectivity index (χ0v) is 14.9. The van der Waals surface area contributed by atoms with Gasteiger partial charge in [0, 0.05) is 19.2 Å². The van der Waals surface area contributed by atoms with Crippen molar-refractivity contribution >= 4 is 17.8 Å². The molecule has 0 spiro atoms. The molecular formula is C20H22FN3O2. The predicted octanol–water partition coefficient (Wildman–Crippen LogP) is 4.19. The van der Waals surface area contributed by atoms with Gasteiger partial charge >= 0.3 is 6.03 Å². The minimum absolute atomic E-state index is 0.135. The fourth-order valence-corrected chi connectivity index (χ4v) is 3.00. The van der Waals surface area contributed by atoms with Crippen LogP contribution in [-0.4, -0.2) is 36.1 Å². The average Bonchev–Trinajstić information content (AvgIpc) is 2.65. The van der Waals surface area contributed by atoms with E-state index in [9.17, 15) is 9.18 Å². The van der Waals surface area contributed by atoms with E-state index in [2.05, 4.69) is 23.3 Å². The minimum Gasteiger partial charge on any atom is -0.481 e. The number of rotatable bonds is 3. The molecule has 0 aliphatic carbocycles. The molecule has 5 nitrogen and oxygen atoms in total. The number of methoxy groups -OCH3 is 1. The molecule has 0 saturated carbocycles. The van der Waals surface area contributed by atoms with Gasteiger partial charge in [-0.15, -0.1) is 0 Å². The smallest absolute Gasteiger partial charge is 0.321 e. The monoisotopic (exact) mass is 355 g/mol. The van der Waals surface area contributed by atoms with Gasteiger partial charge in [-0.2, -0.15) is 0 Å². The van der Waals surface area contributed by atoms with Crippen LogP contribution >= 0.6 is 0 Å². The van der Waals surface area contributed by atoms with Gasteiger partial charge in [-0.25, -0.2) is 14.2 Å². The first kappa shape index (κ1) is 17.9. The number of nitrogens with zero attached hydrogens (tertiary/aromatic N) is 2. The number of hydrogen-bond donors (Lipinski definition) is 1. The van der Waals surface area contributed by atoms with Crippen molar-refractivity contribution in [3.05, 3.63) is 59.5 Å². The lowest BCUT2D eigenvalue weighted by Gasteiger charge is -2.33. The summed E-state index contributed by atoms with van der Waals surface area (Å²) in [5.74, 6) is 0.512. The first-order valence-corrected chi connectivity index (χ1v) is 8.57. The van der Waals surface area contributed by atoms with Gasteiger partial charge in [0.25, 0.3) is 0 Å². The summed E-state index contributed by atoms with van der Waals surface area (Å²) in [6.45, 7) is 3.39. The predicted molar refractivity (Wildman–Crippen MR) is 99.5 cm³/mol. The van der Waals surface area contributed by atoms with Gasteiger partial charge in [-0.3, -0.25) is 0 Å². The van der Waals surface area contributed by atoms with Gasteiger partial charge in [0.1, 0.15) is 5.82 Å². The Morgan fingerprint density at radius 3 is 2.69 bits per heavy atom. The SMILES string of the molecule is COc1ccc(NC(=O)N2CC/C(=C\c3ccc(F)cc3)C(C)C2)cn1. The summed E-state index contributed by atoms with van der Waals surface area (Å²) in [5, 5.41) is 2.86. The number of benzene rings is 1. The van der Waals surface area contributed by atoms with E-state index in [4.69, 9.17) is 4.74 Å². The number of aromatic nitrogens is 1. The molecule has 6 heteroatoms. The van der Waals surface area contributed by atoms with Crippen molar-refractivity contribution in [2.75, 3.05) is 25.5 Å². The molecule has 2 amide bonds. The fourth-order valence-electron chi connectivity index (χ4n) is 3.00. The highest BCUT2D eigenvalue weighted by Crippen LogP contribution is 2.25. The normalized spacial score (nSPS) is 18.7. The summed E-state index contributed by atoms with van der Waals surface area (Å²) in [6.07, 6.45) is 4.46. The van der Waals surface area contributed by atoms with E-state index < -0.39 is 0 Å². The van der Waals surface area contributed by atoms with Crippen LogP contribution in [0.1, 0.15) is 18.9 Å². The van der Waals surface area contributed by atoms with Gasteiger partial charge < -0.3 is 15.0 Å². The maximum absolute atomic E-state index is 13.0. The summed E-state index contributed by atoms with van der Waals surface area (Å²) in [5.41, 5.74) is 2.89. The van der Waals surface area contributed by atoms with Gasteiger partial charge in [0.2, 0.25) is 5.88 Å². The standard InChI is InChI=1S/C20H22FN3O2/c1-14-13-24(20(25)23-18-7-8-19(26-2)22-12-18)10-9-16(14)11-15-3-5-17(21)6-4-15/h3-8,11-12,14H,9-10,13H2,1-2H3,(H,23,25)/b16-11+. The molecule has 1 atom stereocenters. The summed E-state index contributed by atoms with van der Waals surface area (Å²) >= 11 is 0. The zero-order valence-electron chi connectivity index (χ0n) is 14.9. The van der Waals surface area contributed by atoms with Crippen molar-refractivity contribution in [3.8, 4) is 5.88 Å². The summed E-state index contributed by atoms with van der Waals surface area (Å²) in [4.78, 5) is 18.4. The molecule has 1 aliphatic rings.